The molecule has 206 valence electrons. The van der Waals surface area contributed by atoms with E-state index in [0.29, 0.717) is 5.92 Å². The molecule has 6 aromatic carbocycles. The number of hydrogen-bond donors (Lipinski definition) is 0. The van der Waals surface area contributed by atoms with Gasteiger partial charge < -0.3 is 0 Å². The van der Waals surface area contributed by atoms with Crippen LogP contribution in [0, 0.1) is 0 Å². The zero-order chi connectivity index (χ0) is 28.8. The lowest BCUT2D eigenvalue weighted by Crippen LogP contribution is -2.06. The van der Waals surface area contributed by atoms with Gasteiger partial charge in [-0.3, -0.25) is 0 Å². The third kappa shape index (κ3) is 3.46. The average molecular weight is 559 g/mol. The Morgan fingerprint density at radius 2 is 1.25 bits per heavy atom. The molecule has 0 fully saturated rings. The van der Waals surface area contributed by atoms with Crippen LogP contribution in [-0.4, -0.2) is 0 Å². The third-order valence-corrected chi connectivity index (χ3v) is 10.3. The summed E-state index contributed by atoms with van der Waals surface area (Å²) in [7, 11) is 0. The molecule has 0 aliphatic heterocycles. The lowest BCUT2D eigenvalue weighted by atomic mass is 9.77. The average Bonchev–Trinajstić information content (AvgIpc) is 3.09. The molecule has 0 bridgehead atoms. The highest BCUT2D eigenvalue weighted by atomic mass is 14.3. The van der Waals surface area contributed by atoms with Gasteiger partial charge in [0.2, 0.25) is 0 Å². The second-order valence-corrected chi connectivity index (χ2v) is 12.7. The molecule has 1 atom stereocenters. The first-order valence-corrected chi connectivity index (χ1v) is 15.9. The Hall–Kier alpha value is -5.20. The summed E-state index contributed by atoms with van der Waals surface area (Å²) >= 11 is 0. The van der Waals surface area contributed by atoms with E-state index in [2.05, 4.69) is 140 Å². The Kier molecular flexibility index (Phi) is 5.05. The minimum absolute atomic E-state index is 0.470. The zero-order valence-corrected chi connectivity index (χ0v) is 24.5. The quantitative estimate of drug-likeness (QED) is 0.203. The van der Waals surface area contributed by atoms with Gasteiger partial charge in [-0.1, -0.05) is 121 Å². The van der Waals surface area contributed by atoms with E-state index >= 15 is 0 Å². The van der Waals surface area contributed by atoms with E-state index in [4.69, 9.17) is 0 Å². The Morgan fingerprint density at radius 3 is 2.20 bits per heavy atom. The zero-order valence-electron chi connectivity index (χ0n) is 24.5. The molecule has 1 unspecified atom stereocenters. The van der Waals surface area contributed by atoms with Crippen LogP contribution < -0.4 is 0 Å². The van der Waals surface area contributed by atoms with Crippen molar-refractivity contribution < 1.29 is 0 Å². The fourth-order valence-corrected chi connectivity index (χ4v) is 8.32. The van der Waals surface area contributed by atoms with Crippen molar-refractivity contribution >= 4 is 45.3 Å². The highest BCUT2D eigenvalue weighted by molar-refractivity contribution is 6.09. The summed E-state index contributed by atoms with van der Waals surface area (Å²) in [5, 5.41) is 5.69. The van der Waals surface area contributed by atoms with Crippen molar-refractivity contribution in [3.63, 3.8) is 0 Å². The van der Waals surface area contributed by atoms with Crippen LogP contribution in [0.25, 0.3) is 67.6 Å². The van der Waals surface area contributed by atoms with Crippen LogP contribution in [0.1, 0.15) is 56.8 Å². The summed E-state index contributed by atoms with van der Waals surface area (Å²) in [6.45, 7) is 0. The van der Waals surface area contributed by atoms with Crippen molar-refractivity contribution in [2.75, 3.05) is 0 Å². The monoisotopic (exact) mass is 558 g/mol. The van der Waals surface area contributed by atoms with Gasteiger partial charge in [-0.15, -0.1) is 0 Å². The van der Waals surface area contributed by atoms with E-state index in [9.17, 15) is 0 Å². The minimum atomic E-state index is 0.470. The molecule has 0 heteroatoms. The molecule has 0 aromatic heterocycles. The maximum Gasteiger partial charge on any atom is 0.00682 e. The van der Waals surface area contributed by atoms with Gasteiger partial charge in [-0.25, -0.2) is 0 Å². The SMILES string of the molecule is C1=Cc2ccc3c4c(ccc(c24)C1)C(c1cc(-c2ccccc2)cc(-c2ccc4c5c6c(ccc25)C=CCC6C=C4)c1)=CC3. The normalized spacial score (nSPS) is 16.9. The smallest absolute Gasteiger partial charge is 0.00682 e. The van der Waals surface area contributed by atoms with Crippen LogP contribution >= 0.6 is 0 Å². The molecule has 10 rings (SSSR count). The van der Waals surface area contributed by atoms with Crippen molar-refractivity contribution in [2.45, 2.75) is 25.2 Å². The molecule has 44 heavy (non-hydrogen) atoms. The van der Waals surface area contributed by atoms with Crippen LogP contribution in [0.2, 0.25) is 0 Å². The van der Waals surface area contributed by atoms with E-state index in [1.165, 1.54) is 93.9 Å². The molecular weight excluding hydrogens is 528 g/mol. The van der Waals surface area contributed by atoms with Gasteiger partial charge >= 0.3 is 0 Å². The van der Waals surface area contributed by atoms with Gasteiger partial charge in [0.15, 0.2) is 0 Å². The van der Waals surface area contributed by atoms with E-state index in [-0.39, 0.29) is 0 Å². The van der Waals surface area contributed by atoms with E-state index in [1.54, 1.807) is 0 Å². The number of hydrogen-bond acceptors (Lipinski definition) is 0. The predicted octanol–water partition coefficient (Wildman–Crippen LogP) is 11.4. The first-order valence-electron chi connectivity index (χ1n) is 15.9. The fraction of sp³-hybridized carbons (Fsp3) is 0.0909. The topological polar surface area (TPSA) is 0 Å². The van der Waals surface area contributed by atoms with Gasteiger partial charge in [0.25, 0.3) is 0 Å². The van der Waals surface area contributed by atoms with Crippen molar-refractivity contribution in [2.24, 2.45) is 0 Å². The van der Waals surface area contributed by atoms with Gasteiger partial charge in [0, 0.05) is 5.92 Å². The molecule has 0 heterocycles. The van der Waals surface area contributed by atoms with E-state index in [0.717, 1.165) is 19.3 Å². The Balaban J connectivity index is 1.22. The van der Waals surface area contributed by atoms with Crippen molar-refractivity contribution in [3.05, 3.63) is 166 Å². The highest BCUT2D eigenvalue weighted by Crippen LogP contribution is 2.46. The molecular formula is C44H30. The Labute approximate surface area is 258 Å². The Bertz CT molecular complexity index is 2340. The third-order valence-electron chi connectivity index (χ3n) is 10.3. The molecule has 4 aliphatic carbocycles. The predicted molar refractivity (Wildman–Crippen MR) is 188 cm³/mol. The van der Waals surface area contributed by atoms with Crippen LogP contribution in [0.4, 0.5) is 0 Å². The lowest BCUT2D eigenvalue weighted by molar-refractivity contribution is 0.861. The molecule has 0 radical (unpaired) electrons. The summed E-state index contributed by atoms with van der Waals surface area (Å²) in [5.41, 5.74) is 17.6. The number of benzene rings is 6. The van der Waals surface area contributed by atoms with Gasteiger partial charge in [0.1, 0.15) is 0 Å². The molecule has 4 aliphatic rings. The molecule has 0 nitrogen and oxygen atoms in total. The van der Waals surface area contributed by atoms with Crippen molar-refractivity contribution in [1.82, 2.24) is 0 Å². The van der Waals surface area contributed by atoms with Gasteiger partial charge in [-0.2, -0.15) is 0 Å². The molecule has 0 saturated heterocycles. The Morgan fingerprint density at radius 1 is 0.500 bits per heavy atom. The fourth-order valence-electron chi connectivity index (χ4n) is 8.32. The second kappa shape index (κ2) is 9.15. The van der Waals surface area contributed by atoms with E-state index < -0.39 is 0 Å². The number of rotatable bonds is 3. The van der Waals surface area contributed by atoms with Crippen LogP contribution in [0.15, 0.2) is 121 Å². The maximum atomic E-state index is 2.46. The van der Waals surface area contributed by atoms with E-state index in [1.807, 2.05) is 0 Å². The van der Waals surface area contributed by atoms with Gasteiger partial charge in [-0.05, 0) is 131 Å². The number of allylic oxidation sites excluding steroid dienone is 4. The van der Waals surface area contributed by atoms with Crippen LogP contribution in [-0.2, 0) is 12.8 Å². The summed E-state index contributed by atoms with van der Waals surface area (Å²) in [6.07, 6.45) is 19.5. The standard InChI is InChI=1S/C44H30/c1-2-6-27(7-3-1)34-24-35(37-20-16-32-14-12-28-8-4-10-30-18-22-39(37)43(32)41(28)30)26-36(25-34)38-21-17-33-15-13-29-9-5-11-31-19-23-40(38)44(33)42(29)31/h1-8,11-15,17-26,29H,9-10,16H2. The largest absolute Gasteiger partial charge is 0.0830 e. The van der Waals surface area contributed by atoms with Crippen LogP contribution in [0.3, 0.4) is 0 Å². The lowest BCUT2D eigenvalue weighted by Gasteiger charge is -2.27. The molecule has 0 N–H and O–H groups in total. The summed E-state index contributed by atoms with van der Waals surface area (Å²) in [6, 6.07) is 36.9. The van der Waals surface area contributed by atoms with Gasteiger partial charge in [0.05, 0.1) is 0 Å². The molecule has 0 amide bonds. The van der Waals surface area contributed by atoms with Crippen molar-refractivity contribution in [1.29, 1.82) is 0 Å². The first-order chi connectivity index (χ1) is 21.8. The summed E-state index contributed by atoms with van der Waals surface area (Å²) in [4.78, 5) is 0. The molecule has 0 saturated carbocycles. The summed E-state index contributed by atoms with van der Waals surface area (Å²) < 4.78 is 0. The highest BCUT2D eigenvalue weighted by Gasteiger charge is 2.25. The van der Waals surface area contributed by atoms with Crippen LogP contribution in [0.5, 0.6) is 0 Å². The molecule has 0 spiro atoms. The molecule has 6 aromatic rings. The maximum absolute atomic E-state index is 2.46. The van der Waals surface area contributed by atoms with Crippen molar-refractivity contribution in [3.8, 4) is 22.3 Å². The summed E-state index contributed by atoms with van der Waals surface area (Å²) in [5.74, 6) is 0.470. The minimum Gasteiger partial charge on any atom is -0.0830 e. The second-order valence-electron chi connectivity index (χ2n) is 12.7. The first kappa shape index (κ1) is 24.3.